The summed E-state index contributed by atoms with van der Waals surface area (Å²) in [5.41, 5.74) is 2.12. The average Bonchev–Trinajstić information content (AvgIpc) is 3.45. The first-order valence-electron chi connectivity index (χ1n) is 13.9. The SMILES string of the molecule is CCOc1cc(C2c3sc(=O)n(CC(=O)Nc4ccc(C)cc4)c3SC3C(=O)N(c4ccc([N+](=O)[O-])cc4)C(=O)C32)ccc1O. The van der Waals surface area contributed by atoms with Gasteiger partial charge in [-0.3, -0.25) is 33.9 Å². The number of aromatic hydroxyl groups is 1. The number of amides is 3. The lowest BCUT2D eigenvalue weighted by atomic mass is 9.83. The highest BCUT2D eigenvalue weighted by atomic mass is 32.2. The molecular formula is C31H26N4O8S2. The van der Waals surface area contributed by atoms with Crippen molar-refractivity contribution in [3.8, 4) is 11.5 Å². The molecule has 3 heterocycles. The van der Waals surface area contributed by atoms with Gasteiger partial charge in [0, 0.05) is 28.6 Å². The van der Waals surface area contributed by atoms with Crippen LogP contribution < -0.4 is 19.8 Å². The van der Waals surface area contributed by atoms with Crippen molar-refractivity contribution in [2.45, 2.75) is 36.6 Å². The number of fused-ring (bicyclic) bond motifs is 2. The number of hydrogen-bond donors (Lipinski definition) is 2. The van der Waals surface area contributed by atoms with E-state index >= 15 is 0 Å². The van der Waals surface area contributed by atoms with Gasteiger partial charge in [0.1, 0.15) is 11.8 Å². The van der Waals surface area contributed by atoms with E-state index in [0.29, 0.717) is 21.2 Å². The number of nitrogens with one attached hydrogen (secondary N) is 1. The molecule has 0 aliphatic carbocycles. The Morgan fingerprint density at radius 2 is 1.76 bits per heavy atom. The van der Waals surface area contributed by atoms with Crippen molar-refractivity contribution in [1.82, 2.24) is 4.57 Å². The van der Waals surface area contributed by atoms with Crippen molar-refractivity contribution in [2.24, 2.45) is 5.92 Å². The van der Waals surface area contributed by atoms with E-state index in [9.17, 15) is 34.4 Å². The second-order valence-corrected chi connectivity index (χ2v) is 12.6. The number of nitro benzene ring substituents is 1. The van der Waals surface area contributed by atoms with Crippen LogP contribution >= 0.6 is 23.1 Å². The van der Waals surface area contributed by atoms with Crippen molar-refractivity contribution >= 4 is 57.9 Å². The minimum Gasteiger partial charge on any atom is -0.504 e. The summed E-state index contributed by atoms with van der Waals surface area (Å²) in [6.07, 6.45) is 0. The van der Waals surface area contributed by atoms with Gasteiger partial charge in [0.2, 0.25) is 17.7 Å². The Hall–Kier alpha value is -4.95. The third-order valence-corrected chi connectivity index (χ3v) is 10.3. The quantitative estimate of drug-likeness (QED) is 0.158. The van der Waals surface area contributed by atoms with Gasteiger partial charge < -0.3 is 15.2 Å². The predicted molar refractivity (Wildman–Crippen MR) is 168 cm³/mol. The van der Waals surface area contributed by atoms with Crippen molar-refractivity contribution in [3.63, 3.8) is 0 Å². The van der Waals surface area contributed by atoms with E-state index in [1.807, 2.05) is 19.1 Å². The average molecular weight is 647 g/mol. The first-order valence-corrected chi connectivity index (χ1v) is 15.6. The minimum atomic E-state index is -0.963. The van der Waals surface area contributed by atoms with Crippen LogP contribution in [0.4, 0.5) is 17.1 Å². The molecule has 4 aromatic rings. The Labute approximate surface area is 264 Å². The smallest absolute Gasteiger partial charge is 0.308 e. The number of phenols is 1. The monoisotopic (exact) mass is 646 g/mol. The number of aryl methyl sites for hydroxylation is 1. The zero-order chi connectivity index (χ0) is 32.0. The lowest BCUT2D eigenvalue weighted by Crippen LogP contribution is -2.33. The molecule has 2 N–H and O–H groups in total. The molecule has 6 rings (SSSR count). The maximum Gasteiger partial charge on any atom is 0.308 e. The van der Waals surface area contributed by atoms with Crippen LogP contribution in [0, 0.1) is 23.0 Å². The number of aromatic nitrogens is 1. The third-order valence-electron chi connectivity index (χ3n) is 7.65. The van der Waals surface area contributed by atoms with Crippen LogP contribution in [0.2, 0.25) is 0 Å². The number of phenolic OH excluding ortho intramolecular Hbond substituents is 1. The number of nitrogens with zero attached hydrogens (tertiary/aromatic N) is 3. The highest BCUT2D eigenvalue weighted by Crippen LogP contribution is 2.54. The van der Waals surface area contributed by atoms with Gasteiger partial charge >= 0.3 is 4.87 Å². The van der Waals surface area contributed by atoms with Crippen LogP contribution in [0.3, 0.4) is 0 Å². The van der Waals surface area contributed by atoms with Gasteiger partial charge in [-0.2, -0.15) is 0 Å². The second kappa shape index (κ2) is 11.9. The number of benzene rings is 3. The number of carbonyl (C=O) groups is 3. The van der Waals surface area contributed by atoms with Gasteiger partial charge in [0.05, 0.1) is 28.2 Å². The van der Waals surface area contributed by atoms with Gasteiger partial charge in [-0.25, -0.2) is 4.90 Å². The molecule has 2 aliphatic heterocycles. The molecule has 0 bridgehead atoms. The molecule has 12 nitrogen and oxygen atoms in total. The molecule has 230 valence electrons. The van der Waals surface area contributed by atoms with Crippen molar-refractivity contribution in [1.29, 1.82) is 0 Å². The number of nitro groups is 1. The highest BCUT2D eigenvalue weighted by molar-refractivity contribution is 8.00. The summed E-state index contributed by atoms with van der Waals surface area (Å²) in [6.45, 7) is 3.63. The summed E-state index contributed by atoms with van der Waals surface area (Å²) < 4.78 is 6.91. The number of rotatable bonds is 8. The number of non-ortho nitro benzene ring substituents is 1. The van der Waals surface area contributed by atoms with E-state index in [1.165, 1.54) is 34.9 Å². The molecule has 1 aromatic heterocycles. The van der Waals surface area contributed by atoms with E-state index in [-0.39, 0.29) is 36.0 Å². The lowest BCUT2D eigenvalue weighted by molar-refractivity contribution is -0.384. The molecule has 0 spiro atoms. The van der Waals surface area contributed by atoms with Gasteiger partial charge in [-0.15, -0.1) is 0 Å². The Balaban J connectivity index is 1.42. The molecular weight excluding hydrogens is 620 g/mol. The van der Waals surface area contributed by atoms with E-state index in [1.54, 1.807) is 31.2 Å². The van der Waals surface area contributed by atoms with E-state index in [2.05, 4.69) is 5.32 Å². The maximum atomic E-state index is 14.1. The zero-order valence-electron chi connectivity index (χ0n) is 24.0. The molecule has 2 aliphatic rings. The Kier molecular flexibility index (Phi) is 7.93. The summed E-state index contributed by atoms with van der Waals surface area (Å²) >= 11 is 1.95. The fraction of sp³-hybridized carbons (Fsp3) is 0.226. The number of imide groups is 1. The van der Waals surface area contributed by atoms with Gasteiger partial charge in [-0.05, 0) is 55.8 Å². The van der Waals surface area contributed by atoms with Crippen LogP contribution in [0.5, 0.6) is 11.5 Å². The summed E-state index contributed by atoms with van der Waals surface area (Å²) in [5, 5.41) is 23.8. The van der Waals surface area contributed by atoms with E-state index in [4.69, 9.17) is 4.74 Å². The standard InChI is InChI=1S/C31H26N4O8S2/c1-3-43-22-14-17(6-13-21(22)36)24-25-26(29(39)34(28(25)38)19-9-11-20(12-10-19)35(41)42)44-30-27(24)45-31(40)33(30)15-23(37)32-18-7-4-16(2)5-8-18/h4-14,24-26,36H,3,15H2,1-2H3,(H,32,37). The maximum absolute atomic E-state index is 14.1. The highest BCUT2D eigenvalue weighted by Gasteiger charge is 2.57. The lowest BCUT2D eigenvalue weighted by Gasteiger charge is -2.31. The van der Waals surface area contributed by atoms with Crippen LogP contribution in [0.15, 0.2) is 76.6 Å². The summed E-state index contributed by atoms with van der Waals surface area (Å²) in [7, 11) is 0. The number of carbonyl (C=O) groups excluding carboxylic acids is 3. The molecule has 3 amide bonds. The first kappa shape index (κ1) is 30.1. The molecule has 3 aromatic carbocycles. The van der Waals surface area contributed by atoms with Crippen LogP contribution in [-0.4, -0.2) is 44.2 Å². The number of hydrogen-bond acceptors (Lipinski definition) is 10. The second-order valence-electron chi connectivity index (χ2n) is 10.5. The summed E-state index contributed by atoms with van der Waals surface area (Å²) in [6, 6.07) is 17.0. The number of ether oxygens (including phenoxy) is 1. The van der Waals surface area contributed by atoms with Crippen LogP contribution in [-0.2, 0) is 20.9 Å². The van der Waals surface area contributed by atoms with Gasteiger partial charge in [-0.1, -0.05) is 46.9 Å². The zero-order valence-corrected chi connectivity index (χ0v) is 25.6. The summed E-state index contributed by atoms with van der Waals surface area (Å²) in [5.74, 6) is -3.18. The van der Waals surface area contributed by atoms with E-state index < -0.39 is 44.6 Å². The van der Waals surface area contributed by atoms with E-state index in [0.717, 1.165) is 33.6 Å². The Morgan fingerprint density at radius 3 is 2.42 bits per heavy atom. The predicted octanol–water partition coefficient (Wildman–Crippen LogP) is 4.67. The number of thiazole rings is 1. The topological polar surface area (TPSA) is 161 Å². The van der Waals surface area contributed by atoms with Crippen LogP contribution in [0.1, 0.15) is 28.8 Å². The Morgan fingerprint density at radius 1 is 1.04 bits per heavy atom. The minimum absolute atomic E-state index is 0.109. The summed E-state index contributed by atoms with van der Waals surface area (Å²) in [4.78, 5) is 66.1. The van der Waals surface area contributed by atoms with Crippen molar-refractivity contribution in [2.75, 3.05) is 16.8 Å². The number of thioether (sulfide) groups is 1. The first-order chi connectivity index (χ1) is 21.6. The number of anilines is 2. The third kappa shape index (κ3) is 5.46. The molecule has 3 atom stereocenters. The van der Waals surface area contributed by atoms with Crippen LogP contribution in [0.25, 0.3) is 0 Å². The molecule has 14 heteroatoms. The molecule has 45 heavy (non-hydrogen) atoms. The normalized spacial score (nSPS) is 18.8. The van der Waals surface area contributed by atoms with Gasteiger partial charge in [0.25, 0.3) is 5.69 Å². The molecule has 0 radical (unpaired) electrons. The fourth-order valence-corrected chi connectivity index (χ4v) is 8.34. The molecule has 1 fully saturated rings. The largest absolute Gasteiger partial charge is 0.504 e. The Bertz CT molecular complexity index is 1900. The van der Waals surface area contributed by atoms with Gasteiger partial charge in [0.15, 0.2) is 11.5 Å². The molecule has 1 saturated heterocycles. The molecule has 0 saturated carbocycles. The van der Waals surface area contributed by atoms with Crippen molar-refractivity contribution < 1.29 is 29.2 Å². The fourth-order valence-electron chi connectivity index (χ4n) is 5.57. The molecule has 3 unspecified atom stereocenters. The van der Waals surface area contributed by atoms with Crippen molar-refractivity contribution in [3.05, 3.63) is 103 Å².